The molecule has 0 fully saturated rings. The molecule has 6 aromatic rings. The molecule has 0 spiro atoms. The van der Waals surface area contributed by atoms with Crippen molar-refractivity contribution in [1.82, 2.24) is 9.97 Å². The van der Waals surface area contributed by atoms with E-state index in [-0.39, 0.29) is 5.91 Å². The van der Waals surface area contributed by atoms with Crippen molar-refractivity contribution in [2.75, 3.05) is 17.7 Å². The monoisotopic (exact) mass is 540 g/mol. The molecular weight excluding hydrogens is 512 g/mol. The summed E-state index contributed by atoms with van der Waals surface area (Å²) in [6.07, 6.45) is 7.44. The van der Waals surface area contributed by atoms with Crippen LogP contribution in [0.25, 0.3) is 33.1 Å². The van der Waals surface area contributed by atoms with Crippen molar-refractivity contribution in [3.63, 3.8) is 0 Å². The van der Waals surface area contributed by atoms with Crippen molar-refractivity contribution in [3.8, 4) is 17.1 Å². The average molecular weight is 541 g/mol. The highest BCUT2D eigenvalue weighted by Gasteiger charge is 2.22. The van der Waals surface area contributed by atoms with Gasteiger partial charge in [-0.05, 0) is 79.8 Å². The largest absolute Gasteiger partial charge is 0.495 e. The summed E-state index contributed by atoms with van der Waals surface area (Å²) in [6, 6.07) is 25.1. The predicted molar refractivity (Wildman–Crippen MR) is 162 cm³/mol. The molecule has 0 saturated heterocycles. The summed E-state index contributed by atoms with van der Waals surface area (Å²) in [5.41, 5.74) is 7.70. The van der Waals surface area contributed by atoms with Crippen LogP contribution in [0.5, 0.6) is 5.75 Å². The van der Waals surface area contributed by atoms with E-state index in [0.717, 1.165) is 70.3 Å². The summed E-state index contributed by atoms with van der Waals surface area (Å²) in [7, 11) is 1.67. The average Bonchev–Trinajstić information content (AvgIpc) is 3.56. The maximum atomic E-state index is 13.9. The number of benzene rings is 3. The van der Waals surface area contributed by atoms with Gasteiger partial charge >= 0.3 is 0 Å². The maximum absolute atomic E-state index is 13.9. The molecule has 3 aromatic carbocycles. The molecular formula is C34H28N4O3. The Hall–Kier alpha value is -5.17. The molecule has 7 heteroatoms. The zero-order valence-corrected chi connectivity index (χ0v) is 22.6. The minimum absolute atomic E-state index is 0.237. The molecule has 0 aliphatic heterocycles. The number of carbonyl (C=O) groups is 1. The van der Waals surface area contributed by atoms with Gasteiger partial charge in [-0.1, -0.05) is 30.3 Å². The molecule has 0 bridgehead atoms. The Morgan fingerprint density at radius 2 is 1.76 bits per heavy atom. The maximum Gasteiger partial charge on any atom is 0.257 e. The number of fused-ring (bicyclic) bond motifs is 3. The van der Waals surface area contributed by atoms with E-state index in [4.69, 9.17) is 14.1 Å². The molecule has 2 N–H and O–H groups in total. The number of nitrogens with zero attached hydrogens (tertiary/aromatic N) is 2. The number of ether oxygens (including phenoxy) is 1. The van der Waals surface area contributed by atoms with Crippen LogP contribution >= 0.6 is 0 Å². The van der Waals surface area contributed by atoms with E-state index in [1.807, 2.05) is 72.8 Å². The zero-order valence-electron chi connectivity index (χ0n) is 22.6. The van der Waals surface area contributed by atoms with Crippen molar-refractivity contribution >= 4 is 44.8 Å². The van der Waals surface area contributed by atoms with Crippen LogP contribution in [0.4, 0.5) is 17.1 Å². The Kier molecular flexibility index (Phi) is 6.32. The molecule has 3 heterocycles. The van der Waals surface area contributed by atoms with Crippen LogP contribution in [-0.2, 0) is 12.8 Å². The van der Waals surface area contributed by atoms with Gasteiger partial charge in [0.1, 0.15) is 11.5 Å². The molecule has 1 aliphatic rings. The van der Waals surface area contributed by atoms with Crippen molar-refractivity contribution in [1.29, 1.82) is 0 Å². The molecule has 0 radical (unpaired) electrons. The number of aromatic nitrogens is 2. The number of amides is 1. The van der Waals surface area contributed by atoms with Crippen LogP contribution in [0, 0.1) is 0 Å². The molecule has 41 heavy (non-hydrogen) atoms. The van der Waals surface area contributed by atoms with Crippen LogP contribution in [-0.4, -0.2) is 23.0 Å². The highest BCUT2D eigenvalue weighted by molar-refractivity contribution is 6.16. The van der Waals surface area contributed by atoms with Crippen molar-refractivity contribution in [3.05, 3.63) is 108 Å². The summed E-state index contributed by atoms with van der Waals surface area (Å²) in [4.78, 5) is 23.5. The van der Waals surface area contributed by atoms with E-state index in [2.05, 4.69) is 15.6 Å². The molecule has 1 aliphatic carbocycles. The summed E-state index contributed by atoms with van der Waals surface area (Å²) in [5, 5.41) is 8.51. The second-order valence-electron chi connectivity index (χ2n) is 10.2. The number of rotatable bonds is 6. The van der Waals surface area contributed by atoms with E-state index in [9.17, 15) is 4.79 Å². The third kappa shape index (κ3) is 4.55. The third-order valence-electron chi connectivity index (χ3n) is 7.68. The van der Waals surface area contributed by atoms with Crippen molar-refractivity contribution < 1.29 is 13.9 Å². The number of nitrogens with one attached hydrogen (secondary N) is 2. The summed E-state index contributed by atoms with van der Waals surface area (Å²) in [6.45, 7) is 0. The van der Waals surface area contributed by atoms with Gasteiger partial charge in [0, 0.05) is 33.9 Å². The van der Waals surface area contributed by atoms with Crippen LogP contribution in [0.15, 0.2) is 95.7 Å². The molecule has 3 aromatic heterocycles. The van der Waals surface area contributed by atoms with Gasteiger partial charge < -0.3 is 19.8 Å². The van der Waals surface area contributed by atoms with Gasteiger partial charge in [-0.15, -0.1) is 0 Å². The zero-order chi connectivity index (χ0) is 27.8. The Morgan fingerprint density at radius 3 is 2.63 bits per heavy atom. The molecule has 1 amide bonds. The van der Waals surface area contributed by atoms with Crippen LogP contribution in [0.2, 0.25) is 0 Å². The Bertz CT molecular complexity index is 1910. The normalized spacial score (nSPS) is 12.7. The van der Waals surface area contributed by atoms with Crippen molar-refractivity contribution in [2.24, 2.45) is 0 Å². The van der Waals surface area contributed by atoms with Gasteiger partial charge in [-0.3, -0.25) is 14.8 Å². The lowest BCUT2D eigenvalue weighted by molar-refractivity contribution is 0.102. The highest BCUT2D eigenvalue weighted by Crippen LogP contribution is 2.39. The Labute approximate surface area is 237 Å². The summed E-state index contributed by atoms with van der Waals surface area (Å²) in [5.74, 6) is 1.12. The lowest BCUT2D eigenvalue weighted by atomic mass is 9.92. The minimum atomic E-state index is -0.237. The molecule has 0 saturated carbocycles. The van der Waals surface area contributed by atoms with E-state index < -0.39 is 0 Å². The number of pyridine rings is 2. The number of para-hydroxylation sites is 3. The number of anilines is 3. The van der Waals surface area contributed by atoms with Gasteiger partial charge in [0.15, 0.2) is 0 Å². The first kappa shape index (κ1) is 24.8. The first-order valence-corrected chi connectivity index (χ1v) is 13.8. The lowest BCUT2D eigenvalue weighted by Crippen LogP contribution is -2.14. The van der Waals surface area contributed by atoms with Gasteiger partial charge in [0.25, 0.3) is 5.91 Å². The van der Waals surface area contributed by atoms with Gasteiger partial charge in [-0.2, -0.15) is 0 Å². The van der Waals surface area contributed by atoms with Crippen molar-refractivity contribution in [2.45, 2.75) is 25.7 Å². The second-order valence-corrected chi connectivity index (χ2v) is 10.2. The molecule has 0 unspecified atom stereocenters. The van der Waals surface area contributed by atoms with Gasteiger partial charge in [0.2, 0.25) is 0 Å². The molecule has 7 nitrogen and oxygen atoms in total. The van der Waals surface area contributed by atoms with Crippen LogP contribution in [0.3, 0.4) is 0 Å². The highest BCUT2D eigenvalue weighted by atomic mass is 16.5. The Morgan fingerprint density at radius 1 is 0.902 bits per heavy atom. The van der Waals surface area contributed by atoms with Gasteiger partial charge in [-0.25, -0.2) is 0 Å². The fourth-order valence-electron chi connectivity index (χ4n) is 5.73. The third-order valence-corrected chi connectivity index (χ3v) is 7.68. The van der Waals surface area contributed by atoms with Crippen LogP contribution < -0.4 is 15.4 Å². The lowest BCUT2D eigenvalue weighted by Gasteiger charge is -2.23. The summed E-state index contributed by atoms with van der Waals surface area (Å²) < 4.78 is 11.3. The number of carbonyl (C=O) groups excluding carboxylic acids is 1. The van der Waals surface area contributed by atoms with E-state index >= 15 is 0 Å². The van der Waals surface area contributed by atoms with E-state index in [0.29, 0.717) is 22.6 Å². The number of methoxy groups -OCH3 is 1. The second kappa shape index (κ2) is 10.4. The molecule has 0 atom stereocenters. The van der Waals surface area contributed by atoms with Gasteiger partial charge in [0.05, 0.1) is 41.3 Å². The predicted octanol–water partition coefficient (Wildman–Crippen LogP) is 7.93. The fraction of sp³-hybridized carbons (Fsp3) is 0.147. The fourth-order valence-corrected chi connectivity index (χ4v) is 5.73. The molecule has 7 rings (SSSR count). The SMILES string of the molecule is COc1ccccc1Nc1c2c(nc3ccc(NC(=O)c4c(-c5ccco5)cnc5ccccc45)cc13)CCCC2. The number of aryl methyl sites for hydroxylation is 1. The number of furan rings is 1. The minimum Gasteiger partial charge on any atom is -0.495 e. The first-order chi connectivity index (χ1) is 20.2. The smallest absolute Gasteiger partial charge is 0.257 e. The topological polar surface area (TPSA) is 89.3 Å². The van der Waals surface area contributed by atoms with E-state index in [1.54, 1.807) is 25.6 Å². The summed E-state index contributed by atoms with van der Waals surface area (Å²) >= 11 is 0. The number of hydrogen-bond donors (Lipinski definition) is 2. The van der Waals surface area contributed by atoms with E-state index in [1.165, 1.54) is 5.56 Å². The first-order valence-electron chi connectivity index (χ1n) is 13.8. The van der Waals surface area contributed by atoms with Crippen LogP contribution in [0.1, 0.15) is 34.5 Å². The Balaban J connectivity index is 1.33. The standard InChI is InChI=1S/C34H28N4O3/c1-40-31-14-7-6-13-29(31)38-33-23-10-3-5-12-27(23)37-28-17-16-21(19-24(28)33)36-34(39)32-22-9-2-4-11-26(22)35-20-25(32)30-15-8-18-41-30/h2,4,6-9,11,13-20H,3,5,10,12H2,1H3,(H,36,39)(H,37,38). The molecule has 202 valence electrons. The number of hydrogen-bond acceptors (Lipinski definition) is 6. The quantitative estimate of drug-likeness (QED) is 0.223.